The maximum atomic E-state index is 5.60. The third kappa shape index (κ3) is 1.54. The highest BCUT2D eigenvalue weighted by atomic mass is 14.2. The lowest BCUT2D eigenvalue weighted by atomic mass is 9.83. The quantitative estimate of drug-likeness (QED) is 0.348. The Morgan fingerprint density at radius 3 is 0.731 bits per heavy atom. The van der Waals surface area contributed by atoms with Crippen molar-refractivity contribution < 1.29 is 0 Å². The fourth-order valence-electron chi connectivity index (χ4n) is 3.93. The molecule has 0 bridgehead atoms. The lowest BCUT2D eigenvalue weighted by molar-refractivity contribution is 1.65. The predicted molar refractivity (Wildman–Crippen MR) is 111 cm³/mol. The van der Waals surface area contributed by atoms with Crippen LogP contribution in [0, 0.1) is 49.4 Å². The van der Waals surface area contributed by atoms with Gasteiger partial charge >= 0.3 is 0 Å². The van der Waals surface area contributed by atoms with E-state index in [2.05, 4.69) is 35.8 Å². The van der Waals surface area contributed by atoms with Crippen LogP contribution in [-0.2, 0) is 0 Å². The monoisotopic (exact) mass is 322 g/mol. The lowest BCUT2D eigenvalue weighted by Crippen LogP contribution is -1.94. The number of hydrogen-bond acceptors (Lipinski definition) is 0. The van der Waals surface area contributed by atoms with Gasteiger partial charge in [-0.15, -0.1) is 25.7 Å². The Hall–Kier alpha value is -4.10. The third-order valence-corrected chi connectivity index (χ3v) is 5.26. The molecule has 0 atom stereocenters. The van der Waals surface area contributed by atoms with E-state index in [1.54, 1.807) is 0 Å². The van der Waals surface area contributed by atoms with E-state index in [-0.39, 0.29) is 0 Å². The molecular formula is C26H10. The van der Waals surface area contributed by atoms with Crippen LogP contribution in [0.15, 0.2) is 36.4 Å². The number of rotatable bonds is 0. The molecule has 0 saturated carbocycles. The molecule has 26 heavy (non-hydrogen) atoms. The zero-order chi connectivity index (χ0) is 18.0. The minimum absolute atomic E-state index is 0.758. The average Bonchev–Trinajstić information content (AvgIpc) is 2.68. The molecule has 0 aliphatic carbocycles. The summed E-state index contributed by atoms with van der Waals surface area (Å²) in [5.41, 5.74) is 3.03. The largest absolute Gasteiger partial charge is 0.115 e. The minimum atomic E-state index is 0.758. The fraction of sp³-hybridized carbons (Fsp3) is 0. The molecule has 0 unspecified atom stereocenters. The summed E-state index contributed by atoms with van der Waals surface area (Å²) in [6.45, 7) is 0. The second-order valence-corrected chi connectivity index (χ2v) is 6.41. The normalized spacial score (nSPS) is 10.9. The van der Waals surface area contributed by atoms with Crippen molar-refractivity contribution in [1.29, 1.82) is 0 Å². The molecule has 5 aromatic rings. The first-order valence-electron chi connectivity index (χ1n) is 8.12. The fourth-order valence-corrected chi connectivity index (χ4v) is 3.93. The Labute approximate surface area is 151 Å². The van der Waals surface area contributed by atoms with Crippen molar-refractivity contribution in [3.05, 3.63) is 58.7 Å². The molecular weight excluding hydrogens is 312 g/mol. The molecule has 0 nitrogen and oxygen atoms in total. The number of hydrogen-bond donors (Lipinski definition) is 0. The zero-order valence-electron chi connectivity index (χ0n) is 13.8. The first-order chi connectivity index (χ1) is 12.7. The van der Waals surface area contributed by atoms with E-state index in [4.69, 9.17) is 25.7 Å². The van der Waals surface area contributed by atoms with Crippen LogP contribution in [0.25, 0.3) is 43.1 Å². The van der Waals surface area contributed by atoms with E-state index in [1.165, 1.54) is 21.5 Å². The van der Waals surface area contributed by atoms with E-state index in [9.17, 15) is 0 Å². The van der Waals surface area contributed by atoms with E-state index >= 15 is 0 Å². The van der Waals surface area contributed by atoms with Gasteiger partial charge < -0.3 is 0 Å². The molecule has 5 aromatic carbocycles. The van der Waals surface area contributed by atoms with Gasteiger partial charge in [0.2, 0.25) is 0 Å². The molecule has 0 aliphatic rings. The molecule has 0 N–H and O–H groups in total. The molecule has 0 saturated heterocycles. The van der Waals surface area contributed by atoms with Gasteiger partial charge in [-0.1, -0.05) is 23.7 Å². The van der Waals surface area contributed by atoms with Crippen molar-refractivity contribution in [2.75, 3.05) is 0 Å². The summed E-state index contributed by atoms with van der Waals surface area (Å²) in [5, 5.41) is 9.42. The van der Waals surface area contributed by atoms with Crippen LogP contribution >= 0.6 is 0 Å². The smallest absolute Gasteiger partial charge is 0.0405 e. The summed E-state index contributed by atoms with van der Waals surface area (Å²) in [6, 6.07) is 12.4. The van der Waals surface area contributed by atoms with Gasteiger partial charge in [0, 0.05) is 22.3 Å². The highest BCUT2D eigenvalue weighted by Crippen LogP contribution is 2.44. The number of terminal acetylenes is 4. The van der Waals surface area contributed by atoms with Crippen molar-refractivity contribution >= 4 is 43.1 Å². The van der Waals surface area contributed by atoms with Gasteiger partial charge in [0.15, 0.2) is 0 Å². The van der Waals surface area contributed by atoms with Gasteiger partial charge in [0.25, 0.3) is 0 Å². The lowest BCUT2D eigenvalue weighted by Gasteiger charge is -2.19. The van der Waals surface area contributed by atoms with Crippen LogP contribution in [0.2, 0.25) is 0 Å². The van der Waals surface area contributed by atoms with E-state index in [0.717, 1.165) is 43.8 Å². The Morgan fingerprint density at radius 1 is 0.346 bits per heavy atom. The number of fused-ring (bicyclic) bond motifs is 8. The minimum Gasteiger partial charge on any atom is -0.115 e. The summed E-state index contributed by atoms with van der Waals surface area (Å²) in [5.74, 6) is 10.7. The first kappa shape index (κ1) is 14.3. The topological polar surface area (TPSA) is 0 Å². The molecule has 0 fully saturated rings. The van der Waals surface area contributed by atoms with Crippen molar-refractivity contribution in [2.45, 2.75) is 0 Å². The Kier molecular flexibility index (Phi) is 2.59. The van der Waals surface area contributed by atoms with Gasteiger partial charge in [-0.3, -0.25) is 0 Å². The van der Waals surface area contributed by atoms with Gasteiger partial charge in [0.1, 0.15) is 0 Å². The standard InChI is InChI=1S/C26H10/c1-5-15-9-19-20(10-16(15)6-2)24-14-26-22-12-18(8-4)17(7-3)11-21(22)25(26)13-23(19)24/h1-4,9-14H. The molecule has 0 heteroatoms. The number of benzene rings is 3. The maximum Gasteiger partial charge on any atom is 0.0405 e. The van der Waals surface area contributed by atoms with Gasteiger partial charge in [-0.05, 0) is 79.5 Å². The maximum absolute atomic E-state index is 5.60. The van der Waals surface area contributed by atoms with E-state index in [1.807, 2.05) is 24.3 Å². The second kappa shape index (κ2) is 4.71. The Morgan fingerprint density at radius 2 is 0.538 bits per heavy atom. The summed E-state index contributed by atoms with van der Waals surface area (Å²) in [7, 11) is 0. The van der Waals surface area contributed by atoms with Crippen LogP contribution in [-0.4, -0.2) is 0 Å². The molecule has 0 aliphatic heterocycles. The molecule has 0 spiro atoms. The molecule has 0 amide bonds. The van der Waals surface area contributed by atoms with Crippen molar-refractivity contribution in [3.8, 4) is 49.4 Å². The summed E-state index contributed by atoms with van der Waals surface area (Å²) >= 11 is 0. The molecule has 0 heterocycles. The molecule has 5 rings (SSSR count). The predicted octanol–water partition coefficient (Wildman–Crippen LogP) is 5.10. The Balaban J connectivity index is 1.88. The third-order valence-electron chi connectivity index (χ3n) is 5.26. The highest BCUT2D eigenvalue weighted by molar-refractivity contribution is 6.35. The van der Waals surface area contributed by atoms with Gasteiger partial charge in [-0.25, -0.2) is 0 Å². The van der Waals surface area contributed by atoms with Crippen LogP contribution in [0.1, 0.15) is 22.3 Å². The summed E-state index contributed by atoms with van der Waals surface area (Å²) in [4.78, 5) is 0. The summed E-state index contributed by atoms with van der Waals surface area (Å²) < 4.78 is 0. The van der Waals surface area contributed by atoms with E-state index in [0.29, 0.717) is 0 Å². The van der Waals surface area contributed by atoms with Gasteiger partial charge in [-0.2, -0.15) is 0 Å². The SMILES string of the molecule is C#Cc1cc2c(cc1C#C)c1cc3c4cc(C#C)c(C#C)cc4c3cc21. The van der Waals surface area contributed by atoms with Gasteiger partial charge in [0.05, 0.1) is 0 Å². The molecule has 0 aromatic heterocycles. The van der Waals surface area contributed by atoms with Crippen molar-refractivity contribution in [1.82, 2.24) is 0 Å². The second-order valence-electron chi connectivity index (χ2n) is 6.41. The van der Waals surface area contributed by atoms with Crippen LogP contribution in [0.5, 0.6) is 0 Å². The van der Waals surface area contributed by atoms with Crippen LogP contribution in [0.3, 0.4) is 0 Å². The van der Waals surface area contributed by atoms with Crippen molar-refractivity contribution in [3.63, 3.8) is 0 Å². The van der Waals surface area contributed by atoms with Crippen LogP contribution in [0.4, 0.5) is 0 Å². The highest BCUT2D eigenvalue weighted by Gasteiger charge is 2.18. The molecule has 0 radical (unpaired) electrons. The zero-order valence-corrected chi connectivity index (χ0v) is 13.8. The van der Waals surface area contributed by atoms with Crippen molar-refractivity contribution in [2.24, 2.45) is 0 Å². The average molecular weight is 322 g/mol. The van der Waals surface area contributed by atoms with E-state index < -0.39 is 0 Å². The Bertz CT molecular complexity index is 1310. The summed E-state index contributed by atoms with van der Waals surface area (Å²) in [6.07, 6.45) is 22.4. The molecule has 114 valence electrons. The van der Waals surface area contributed by atoms with Crippen LogP contribution < -0.4 is 0 Å². The first-order valence-corrected chi connectivity index (χ1v) is 8.12.